The zero-order chi connectivity index (χ0) is 14.9. The summed E-state index contributed by atoms with van der Waals surface area (Å²) in [5.41, 5.74) is 1.71. The van der Waals surface area contributed by atoms with Gasteiger partial charge in [0.1, 0.15) is 0 Å². The lowest BCUT2D eigenvalue weighted by atomic mass is 9.67. The molecule has 21 heavy (non-hydrogen) atoms. The average molecular weight is 283 g/mol. The van der Waals surface area contributed by atoms with Gasteiger partial charge in [0.05, 0.1) is 5.41 Å². The maximum atomic E-state index is 13.0. The Hall–Kier alpha value is -1.90. The zero-order valence-corrected chi connectivity index (χ0v) is 12.5. The van der Waals surface area contributed by atoms with Gasteiger partial charge in [0.25, 0.3) is 0 Å². The van der Waals surface area contributed by atoms with Crippen molar-refractivity contribution >= 4 is 11.7 Å². The molecule has 3 rings (SSSR count). The van der Waals surface area contributed by atoms with Crippen molar-refractivity contribution in [2.24, 2.45) is 5.41 Å². The van der Waals surface area contributed by atoms with Crippen LogP contribution in [0.25, 0.3) is 0 Å². The van der Waals surface area contributed by atoms with E-state index < -0.39 is 5.41 Å². The molecule has 0 radical (unpaired) electrons. The number of carbonyl (C=O) groups is 2. The van der Waals surface area contributed by atoms with E-state index >= 15 is 0 Å². The van der Waals surface area contributed by atoms with Crippen molar-refractivity contribution in [2.75, 3.05) is 6.54 Å². The van der Waals surface area contributed by atoms with Crippen LogP contribution in [0.15, 0.2) is 42.0 Å². The lowest BCUT2D eigenvalue weighted by Crippen LogP contribution is -2.50. The van der Waals surface area contributed by atoms with E-state index in [1.165, 1.54) is 0 Å². The summed E-state index contributed by atoms with van der Waals surface area (Å²) in [5.74, 6) is 0.366. The molecule has 1 amide bonds. The standard InChI is InChI=1S/C18H21NO2/c1-14-12-16(20)8-10-18(14)9-5-11-19(17(18)21)13-15-6-3-2-4-7-15/h2-4,6-7,12H,5,8-11,13H2,1H3. The highest BCUT2D eigenvalue weighted by Crippen LogP contribution is 2.44. The van der Waals surface area contributed by atoms with Gasteiger partial charge < -0.3 is 4.90 Å². The highest BCUT2D eigenvalue weighted by Gasteiger charge is 2.46. The number of benzene rings is 1. The molecule has 1 heterocycles. The number of rotatable bonds is 2. The van der Waals surface area contributed by atoms with Gasteiger partial charge in [0, 0.05) is 19.5 Å². The minimum absolute atomic E-state index is 0.158. The van der Waals surface area contributed by atoms with Crippen LogP contribution in [0.5, 0.6) is 0 Å². The number of hydrogen-bond acceptors (Lipinski definition) is 2. The predicted octanol–water partition coefficient (Wildman–Crippen LogP) is 3.10. The minimum atomic E-state index is -0.416. The van der Waals surface area contributed by atoms with E-state index in [-0.39, 0.29) is 11.7 Å². The molecule has 1 saturated heterocycles. The summed E-state index contributed by atoms with van der Waals surface area (Å²) in [6, 6.07) is 10.1. The Kier molecular flexibility index (Phi) is 3.66. The van der Waals surface area contributed by atoms with Crippen molar-refractivity contribution in [3.05, 3.63) is 47.5 Å². The second kappa shape index (κ2) is 5.47. The highest BCUT2D eigenvalue weighted by atomic mass is 16.2. The van der Waals surface area contributed by atoms with Crippen molar-refractivity contribution < 1.29 is 9.59 Å². The van der Waals surface area contributed by atoms with Crippen LogP contribution < -0.4 is 0 Å². The third-order valence-electron chi connectivity index (χ3n) is 4.87. The molecule has 0 N–H and O–H groups in total. The summed E-state index contributed by atoms with van der Waals surface area (Å²) < 4.78 is 0. The van der Waals surface area contributed by atoms with Crippen molar-refractivity contribution in [2.45, 2.75) is 39.2 Å². The molecular formula is C18H21NO2. The van der Waals surface area contributed by atoms with E-state index in [0.717, 1.165) is 30.5 Å². The van der Waals surface area contributed by atoms with E-state index in [1.807, 2.05) is 30.0 Å². The summed E-state index contributed by atoms with van der Waals surface area (Å²) >= 11 is 0. The Morgan fingerprint density at radius 3 is 2.62 bits per heavy atom. The number of allylic oxidation sites excluding steroid dienone is 1. The Morgan fingerprint density at radius 1 is 1.14 bits per heavy atom. The molecule has 2 aliphatic rings. The van der Waals surface area contributed by atoms with Gasteiger partial charge >= 0.3 is 0 Å². The summed E-state index contributed by atoms with van der Waals surface area (Å²) in [5, 5.41) is 0. The van der Waals surface area contributed by atoms with Crippen LogP contribution in [0.3, 0.4) is 0 Å². The van der Waals surface area contributed by atoms with E-state index in [9.17, 15) is 9.59 Å². The summed E-state index contributed by atoms with van der Waals surface area (Å²) in [4.78, 5) is 26.5. The first-order valence-electron chi connectivity index (χ1n) is 7.67. The number of carbonyl (C=O) groups excluding carboxylic acids is 2. The maximum absolute atomic E-state index is 13.0. The number of nitrogens with zero attached hydrogens (tertiary/aromatic N) is 1. The first kappa shape index (κ1) is 14.1. The molecule has 0 saturated carbocycles. The summed E-state index contributed by atoms with van der Waals surface area (Å²) in [7, 11) is 0. The van der Waals surface area contributed by atoms with Crippen molar-refractivity contribution in [3.63, 3.8) is 0 Å². The Morgan fingerprint density at radius 2 is 1.90 bits per heavy atom. The third kappa shape index (κ3) is 2.53. The third-order valence-corrected chi connectivity index (χ3v) is 4.87. The molecule has 1 aromatic carbocycles. The molecule has 1 spiro atoms. The molecule has 1 fully saturated rings. The van der Waals surface area contributed by atoms with E-state index in [2.05, 4.69) is 12.1 Å². The molecule has 1 unspecified atom stereocenters. The van der Waals surface area contributed by atoms with Gasteiger partial charge in [-0.2, -0.15) is 0 Å². The normalized spacial score (nSPS) is 26.1. The van der Waals surface area contributed by atoms with Gasteiger partial charge in [0.2, 0.25) is 5.91 Å². The van der Waals surface area contributed by atoms with Crippen LogP contribution in [0.2, 0.25) is 0 Å². The Balaban J connectivity index is 1.84. The first-order chi connectivity index (χ1) is 10.1. The minimum Gasteiger partial charge on any atom is -0.338 e. The monoisotopic (exact) mass is 283 g/mol. The summed E-state index contributed by atoms with van der Waals surface area (Å²) in [6.45, 7) is 3.43. The summed E-state index contributed by atoms with van der Waals surface area (Å²) in [6.07, 6.45) is 4.76. The highest BCUT2D eigenvalue weighted by molar-refractivity contribution is 5.96. The largest absolute Gasteiger partial charge is 0.338 e. The topological polar surface area (TPSA) is 37.4 Å². The van der Waals surface area contributed by atoms with Crippen LogP contribution >= 0.6 is 0 Å². The fourth-order valence-corrected chi connectivity index (χ4v) is 3.62. The molecule has 1 atom stereocenters. The van der Waals surface area contributed by atoms with Gasteiger partial charge in [0.15, 0.2) is 5.78 Å². The molecule has 1 aliphatic carbocycles. The zero-order valence-electron chi connectivity index (χ0n) is 12.5. The molecular weight excluding hydrogens is 262 g/mol. The number of likely N-dealkylation sites (tertiary alicyclic amines) is 1. The van der Waals surface area contributed by atoms with Crippen LogP contribution in [0.1, 0.15) is 38.2 Å². The van der Waals surface area contributed by atoms with Crippen LogP contribution in [0, 0.1) is 5.41 Å². The van der Waals surface area contributed by atoms with Gasteiger partial charge in [-0.25, -0.2) is 0 Å². The van der Waals surface area contributed by atoms with Gasteiger partial charge in [-0.1, -0.05) is 35.9 Å². The number of piperidine rings is 1. The van der Waals surface area contributed by atoms with Crippen LogP contribution in [0.4, 0.5) is 0 Å². The predicted molar refractivity (Wildman–Crippen MR) is 81.5 cm³/mol. The molecule has 3 heteroatoms. The van der Waals surface area contributed by atoms with Gasteiger partial charge in [-0.05, 0) is 37.8 Å². The van der Waals surface area contributed by atoms with Crippen molar-refractivity contribution in [1.82, 2.24) is 4.90 Å². The molecule has 1 aromatic rings. The average Bonchev–Trinajstić information content (AvgIpc) is 2.48. The van der Waals surface area contributed by atoms with Gasteiger partial charge in [-0.3, -0.25) is 9.59 Å². The molecule has 1 aliphatic heterocycles. The second-order valence-corrected chi connectivity index (χ2v) is 6.19. The first-order valence-corrected chi connectivity index (χ1v) is 7.67. The Bertz CT molecular complexity index is 590. The van der Waals surface area contributed by atoms with Gasteiger partial charge in [-0.15, -0.1) is 0 Å². The Labute approximate surface area is 125 Å². The molecule has 3 nitrogen and oxygen atoms in total. The lowest BCUT2D eigenvalue weighted by molar-refractivity contribution is -0.145. The molecule has 0 bridgehead atoms. The maximum Gasteiger partial charge on any atom is 0.233 e. The smallest absolute Gasteiger partial charge is 0.233 e. The molecule has 110 valence electrons. The van der Waals surface area contributed by atoms with E-state index in [4.69, 9.17) is 0 Å². The SMILES string of the molecule is CC1=CC(=O)CCC12CCCN(Cc1ccccc1)C2=O. The van der Waals surface area contributed by atoms with E-state index in [1.54, 1.807) is 6.08 Å². The lowest BCUT2D eigenvalue weighted by Gasteiger charge is -2.44. The van der Waals surface area contributed by atoms with Crippen LogP contribution in [-0.4, -0.2) is 23.1 Å². The molecule has 0 aromatic heterocycles. The second-order valence-electron chi connectivity index (χ2n) is 6.19. The number of hydrogen-bond donors (Lipinski definition) is 0. The van der Waals surface area contributed by atoms with Crippen LogP contribution in [-0.2, 0) is 16.1 Å². The fraction of sp³-hybridized carbons (Fsp3) is 0.444. The quantitative estimate of drug-likeness (QED) is 0.836. The number of amides is 1. The van der Waals surface area contributed by atoms with E-state index in [0.29, 0.717) is 19.4 Å². The van der Waals surface area contributed by atoms with Crippen molar-refractivity contribution in [1.29, 1.82) is 0 Å². The van der Waals surface area contributed by atoms with Crippen molar-refractivity contribution in [3.8, 4) is 0 Å². The fourth-order valence-electron chi connectivity index (χ4n) is 3.62. The number of ketones is 1.